The minimum absolute atomic E-state index is 0.00487. The Hall–Kier alpha value is -0.830. The quantitative estimate of drug-likeness (QED) is 0.747. The summed E-state index contributed by atoms with van der Waals surface area (Å²) in [5.41, 5.74) is 0.331. The number of hydrogen-bond acceptors (Lipinski definition) is 4. The molecule has 1 atom stereocenters. The first-order valence-corrected chi connectivity index (χ1v) is 8.27. The van der Waals surface area contributed by atoms with E-state index in [1.165, 1.54) is 6.07 Å². The average Bonchev–Trinajstić information content (AvgIpc) is 2.62. The van der Waals surface area contributed by atoms with Gasteiger partial charge in [-0.25, -0.2) is 8.42 Å². The second kappa shape index (κ2) is 5.04. The Kier molecular flexibility index (Phi) is 3.81. The highest BCUT2D eigenvalue weighted by Gasteiger charge is 2.29. The highest BCUT2D eigenvalue weighted by atomic mass is 127. The van der Waals surface area contributed by atoms with E-state index in [4.69, 9.17) is 0 Å². The molecule has 0 saturated carbocycles. The molecule has 2 N–H and O–H groups in total. The molecule has 1 aromatic carbocycles. The summed E-state index contributed by atoms with van der Waals surface area (Å²) < 4.78 is 23.2. The van der Waals surface area contributed by atoms with Gasteiger partial charge in [-0.15, -0.1) is 0 Å². The molecule has 1 amide bonds. The Morgan fingerprint density at radius 3 is 2.72 bits per heavy atom. The number of carbonyl (C=O) groups excluding carboxylic acids is 1. The molecule has 0 spiro atoms. The molecule has 1 aromatic rings. The third-order valence-electron chi connectivity index (χ3n) is 2.78. The van der Waals surface area contributed by atoms with Crippen molar-refractivity contribution in [1.29, 1.82) is 0 Å². The minimum atomic E-state index is -3.00. The number of phenols is 1. The number of sulfone groups is 1. The number of hydrogen-bond donors (Lipinski definition) is 2. The molecule has 98 valence electrons. The van der Waals surface area contributed by atoms with Gasteiger partial charge in [-0.3, -0.25) is 4.79 Å². The Morgan fingerprint density at radius 1 is 1.44 bits per heavy atom. The van der Waals surface area contributed by atoms with Crippen LogP contribution in [-0.2, 0) is 9.84 Å². The number of halogens is 1. The first kappa shape index (κ1) is 13.6. The normalized spacial score (nSPS) is 21.7. The highest BCUT2D eigenvalue weighted by Crippen LogP contribution is 2.20. The molecule has 2 rings (SSSR count). The molecule has 0 aromatic heterocycles. The van der Waals surface area contributed by atoms with Crippen molar-refractivity contribution in [2.75, 3.05) is 11.5 Å². The van der Waals surface area contributed by atoms with Crippen LogP contribution in [-0.4, -0.2) is 37.0 Å². The van der Waals surface area contributed by atoms with E-state index in [2.05, 4.69) is 5.32 Å². The highest BCUT2D eigenvalue weighted by molar-refractivity contribution is 14.1. The second-order valence-corrected chi connectivity index (χ2v) is 7.63. The van der Waals surface area contributed by atoms with Crippen molar-refractivity contribution in [1.82, 2.24) is 5.32 Å². The van der Waals surface area contributed by atoms with Crippen molar-refractivity contribution in [3.8, 4) is 5.75 Å². The Morgan fingerprint density at radius 2 is 2.17 bits per heavy atom. The van der Waals surface area contributed by atoms with Crippen LogP contribution >= 0.6 is 22.6 Å². The van der Waals surface area contributed by atoms with Crippen LogP contribution in [0.15, 0.2) is 18.2 Å². The third-order valence-corrected chi connectivity index (χ3v) is 5.46. The van der Waals surface area contributed by atoms with Gasteiger partial charge < -0.3 is 10.4 Å². The van der Waals surface area contributed by atoms with Crippen LogP contribution in [0, 0.1) is 3.57 Å². The molecule has 7 heteroatoms. The van der Waals surface area contributed by atoms with Crippen LogP contribution < -0.4 is 5.32 Å². The molecule has 1 unspecified atom stereocenters. The molecule has 5 nitrogen and oxygen atoms in total. The summed E-state index contributed by atoms with van der Waals surface area (Å²) in [5, 5.41) is 12.2. The van der Waals surface area contributed by atoms with E-state index in [0.717, 1.165) is 0 Å². The Labute approximate surface area is 119 Å². The lowest BCUT2D eigenvalue weighted by Crippen LogP contribution is -2.35. The predicted molar refractivity (Wildman–Crippen MR) is 75.3 cm³/mol. The minimum Gasteiger partial charge on any atom is -0.507 e. The van der Waals surface area contributed by atoms with E-state index in [1.54, 1.807) is 12.1 Å². The number of carbonyl (C=O) groups is 1. The van der Waals surface area contributed by atoms with Gasteiger partial charge in [0.25, 0.3) is 5.91 Å². The summed E-state index contributed by atoms with van der Waals surface area (Å²) in [7, 11) is -3.00. The molecule has 0 radical (unpaired) electrons. The van der Waals surface area contributed by atoms with Gasteiger partial charge in [-0.05, 0) is 47.2 Å². The zero-order valence-corrected chi connectivity index (χ0v) is 12.4. The van der Waals surface area contributed by atoms with Gasteiger partial charge in [0.15, 0.2) is 9.84 Å². The summed E-state index contributed by atoms with van der Waals surface area (Å²) >= 11 is 1.96. The lowest BCUT2D eigenvalue weighted by atomic mass is 10.2. The van der Waals surface area contributed by atoms with Crippen LogP contribution in [0.3, 0.4) is 0 Å². The van der Waals surface area contributed by atoms with Gasteiger partial charge in [0.1, 0.15) is 5.75 Å². The van der Waals surface area contributed by atoms with Gasteiger partial charge in [0, 0.05) is 11.6 Å². The van der Waals surface area contributed by atoms with Crippen molar-refractivity contribution >= 4 is 38.3 Å². The summed E-state index contributed by atoms with van der Waals surface area (Å²) in [5.74, 6) is -0.198. The van der Waals surface area contributed by atoms with Gasteiger partial charge in [0.2, 0.25) is 0 Å². The summed E-state index contributed by atoms with van der Waals surface area (Å²) in [6.45, 7) is 0. The van der Waals surface area contributed by atoms with E-state index in [9.17, 15) is 18.3 Å². The first-order chi connectivity index (χ1) is 8.37. The molecule has 1 aliphatic heterocycles. The Bertz CT molecular complexity index is 585. The molecule has 1 fully saturated rings. The van der Waals surface area contributed by atoms with Crippen LogP contribution in [0.4, 0.5) is 0 Å². The third kappa shape index (κ3) is 3.14. The van der Waals surface area contributed by atoms with Crippen molar-refractivity contribution in [3.63, 3.8) is 0 Å². The number of rotatable bonds is 2. The maximum absolute atomic E-state index is 11.9. The maximum Gasteiger partial charge on any atom is 0.251 e. The van der Waals surface area contributed by atoms with Crippen LogP contribution in [0.2, 0.25) is 0 Å². The first-order valence-electron chi connectivity index (χ1n) is 5.37. The summed E-state index contributed by atoms with van der Waals surface area (Å²) in [6.07, 6.45) is 0.449. The molecule has 1 heterocycles. The van der Waals surface area contributed by atoms with Crippen molar-refractivity contribution < 1.29 is 18.3 Å². The zero-order chi connectivity index (χ0) is 13.3. The molecule has 18 heavy (non-hydrogen) atoms. The number of phenolic OH excluding ortho intramolecular Hbond substituents is 1. The molecular formula is C11H12INO4S. The second-order valence-electron chi connectivity index (χ2n) is 4.24. The fourth-order valence-corrected chi connectivity index (χ4v) is 3.84. The summed E-state index contributed by atoms with van der Waals surface area (Å²) in [4.78, 5) is 11.9. The standard InChI is InChI=1S/C11H12INO4S/c12-9-2-1-7(5-10(9)14)11(15)13-8-3-4-18(16,17)6-8/h1-2,5,8,14H,3-4,6H2,(H,13,15). The monoisotopic (exact) mass is 381 g/mol. The van der Waals surface area contributed by atoms with Gasteiger partial charge >= 0.3 is 0 Å². The van der Waals surface area contributed by atoms with Crippen LogP contribution in [0.25, 0.3) is 0 Å². The van der Waals surface area contributed by atoms with E-state index < -0.39 is 9.84 Å². The number of benzene rings is 1. The van der Waals surface area contributed by atoms with E-state index in [-0.39, 0.29) is 29.2 Å². The molecule has 1 aliphatic rings. The lowest BCUT2D eigenvalue weighted by Gasteiger charge is -2.11. The van der Waals surface area contributed by atoms with Gasteiger partial charge in [-0.1, -0.05) is 0 Å². The predicted octanol–water partition coefficient (Wildman–Crippen LogP) is 0.914. The van der Waals surface area contributed by atoms with Crippen molar-refractivity contribution in [3.05, 3.63) is 27.3 Å². The number of nitrogens with one attached hydrogen (secondary N) is 1. The van der Waals surface area contributed by atoms with E-state index in [1.807, 2.05) is 22.6 Å². The fourth-order valence-electron chi connectivity index (χ4n) is 1.83. The van der Waals surface area contributed by atoms with E-state index in [0.29, 0.717) is 15.6 Å². The van der Waals surface area contributed by atoms with Crippen LogP contribution in [0.1, 0.15) is 16.8 Å². The molecular weight excluding hydrogens is 369 g/mol. The SMILES string of the molecule is O=C(NC1CCS(=O)(=O)C1)c1ccc(I)c(O)c1. The topological polar surface area (TPSA) is 83.5 Å². The van der Waals surface area contributed by atoms with Crippen molar-refractivity contribution in [2.24, 2.45) is 0 Å². The number of amides is 1. The van der Waals surface area contributed by atoms with E-state index >= 15 is 0 Å². The van der Waals surface area contributed by atoms with Gasteiger partial charge in [0.05, 0.1) is 15.1 Å². The smallest absolute Gasteiger partial charge is 0.251 e. The maximum atomic E-state index is 11.9. The Balaban J connectivity index is 2.06. The molecule has 0 aliphatic carbocycles. The molecule has 0 bridgehead atoms. The van der Waals surface area contributed by atoms with Gasteiger partial charge in [-0.2, -0.15) is 0 Å². The average molecular weight is 381 g/mol. The molecule has 1 saturated heterocycles. The lowest BCUT2D eigenvalue weighted by molar-refractivity contribution is 0.0940. The van der Waals surface area contributed by atoms with Crippen LogP contribution in [0.5, 0.6) is 5.75 Å². The summed E-state index contributed by atoms with van der Waals surface area (Å²) in [6, 6.07) is 4.28. The fraction of sp³-hybridized carbons (Fsp3) is 0.364. The zero-order valence-electron chi connectivity index (χ0n) is 9.39. The van der Waals surface area contributed by atoms with Crippen molar-refractivity contribution in [2.45, 2.75) is 12.5 Å². The number of aromatic hydroxyl groups is 1. The largest absolute Gasteiger partial charge is 0.507 e.